The molecule has 0 radical (unpaired) electrons. The molecule has 0 fully saturated rings. The summed E-state index contributed by atoms with van der Waals surface area (Å²) >= 11 is 3.58. The molecule has 0 aliphatic heterocycles. The van der Waals surface area contributed by atoms with E-state index in [1.54, 1.807) is 0 Å². The smallest absolute Gasteiger partial charge is 0.0449 e. The molecule has 0 aromatic heterocycles. The molecule has 18 heavy (non-hydrogen) atoms. The van der Waals surface area contributed by atoms with Gasteiger partial charge in [-0.15, -0.1) is 0 Å². The molecule has 1 atom stereocenters. The average molecular weight is 328 g/mol. The number of nitrogens with one attached hydrogen (secondary N) is 1. The minimum absolute atomic E-state index is 0.653. The zero-order valence-corrected chi connectivity index (χ0v) is 14.7. The van der Waals surface area contributed by atoms with E-state index in [2.05, 4.69) is 72.1 Å². The van der Waals surface area contributed by atoms with E-state index >= 15 is 0 Å². The summed E-state index contributed by atoms with van der Waals surface area (Å²) in [6.45, 7) is 11.8. The van der Waals surface area contributed by atoms with Gasteiger partial charge in [0.05, 0.1) is 0 Å². The van der Waals surface area contributed by atoms with Crippen molar-refractivity contribution < 1.29 is 0 Å². The Morgan fingerprint density at radius 1 is 1.28 bits per heavy atom. The molecule has 0 bridgehead atoms. The van der Waals surface area contributed by atoms with Gasteiger partial charge in [0, 0.05) is 19.1 Å². The fourth-order valence-electron chi connectivity index (χ4n) is 2.26. The maximum Gasteiger partial charge on any atom is 0.0449 e. The summed E-state index contributed by atoms with van der Waals surface area (Å²) in [4.78, 5) is 0. The first-order chi connectivity index (χ1) is 8.42. The van der Waals surface area contributed by atoms with Gasteiger partial charge < -0.3 is 5.32 Å². The van der Waals surface area contributed by atoms with Gasteiger partial charge in [0.2, 0.25) is 0 Å². The first-order valence-corrected chi connectivity index (χ1v) is 11.4. The van der Waals surface area contributed by atoms with Crippen LogP contribution >= 0.6 is 15.9 Å². The van der Waals surface area contributed by atoms with Gasteiger partial charge in [-0.1, -0.05) is 54.6 Å². The number of hydrogen-bond donors (Lipinski definition) is 1. The Morgan fingerprint density at radius 3 is 2.56 bits per heavy atom. The molecule has 3 heteroatoms. The van der Waals surface area contributed by atoms with Crippen LogP contribution in [0.5, 0.6) is 0 Å². The molecular formula is C15H26BrNSi. The second-order valence-electron chi connectivity index (χ2n) is 6.22. The Morgan fingerprint density at radius 2 is 2.00 bits per heavy atom. The maximum atomic E-state index is 3.58. The molecule has 0 amide bonds. The van der Waals surface area contributed by atoms with Crippen molar-refractivity contribution in [2.45, 2.75) is 44.9 Å². The van der Waals surface area contributed by atoms with E-state index in [4.69, 9.17) is 0 Å². The molecule has 0 aliphatic carbocycles. The third kappa shape index (κ3) is 6.16. The zero-order chi connectivity index (χ0) is 13.6. The lowest BCUT2D eigenvalue weighted by atomic mass is 10.0. The fraction of sp³-hybridized carbons (Fsp3) is 0.600. The van der Waals surface area contributed by atoms with E-state index in [0.717, 1.165) is 13.1 Å². The number of rotatable bonds is 7. The highest BCUT2D eigenvalue weighted by Gasteiger charge is 2.21. The van der Waals surface area contributed by atoms with E-state index in [-0.39, 0.29) is 0 Å². The molecule has 1 nitrogen and oxygen atoms in total. The van der Waals surface area contributed by atoms with Crippen LogP contribution in [0.2, 0.25) is 25.7 Å². The van der Waals surface area contributed by atoms with Gasteiger partial charge in [-0.25, -0.2) is 0 Å². The first kappa shape index (κ1) is 15.9. The van der Waals surface area contributed by atoms with Crippen molar-refractivity contribution in [3.63, 3.8) is 0 Å². The van der Waals surface area contributed by atoms with Crippen molar-refractivity contribution in [1.82, 2.24) is 5.32 Å². The van der Waals surface area contributed by atoms with E-state index < -0.39 is 8.07 Å². The van der Waals surface area contributed by atoms with Gasteiger partial charge in [-0.05, 0) is 42.6 Å². The Hall–Kier alpha value is -0.123. The summed E-state index contributed by atoms with van der Waals surface area (Å²) in [5.41, 5.74) is 1.47. The Labute approximate surface area is 122 Å². The predicted molar refractivity (Wildman–Crippen MR) is 88.2 cm³/mol. The van der Waals surface area contributed by atoms with Crippen molar-refractivity contribution in [1.29, 1.82) is 0 Å². The van der Waals surface area contributed by atoms with Gasteiger partial charge in [-0.3, -0.25) is 0 Å². The molecule has 0 aliphatic rings. The van der Waals surface area contributed by atoms with Gasteiger partial charge in [0.25, 0.3) is 0 Å². The van der Waals surface area contributed by atoms with Crippen LogP contribution in [0.25, 0.3) is 0 Å². The predicted octanol–water partition coefficient (Wildman–Crippen LogP) is 4.87. The lowest BCUT2D eigenvalue weighted by molar-refractivity contribution is 0.604. The molecule has 1 unspecified atom stereocenters. The van der Waals surface area contributed by atoms with Gasteiger partial charge in [0.1, 0.15) is 0 Å². The van der Waals surface area contributed by atoms with Crippen LogP contribution < -0.4 is 5.32 Å². The third-order valence-corrected chi connectivity index (χ3v) is 5.21. The highest BCUT2D eigenvalue weighted by Crippen LogP contribution is 2.27. The monoisotopic (exact) mass is 327 g/mol. The summed E-state index contributed by atoms with van der Waals surface area (Å²) in [7, 11) is -1.04. The molecule has 1 aromatic rings. The summed E-state index contributed by atoms with van der Waals surface area (Å²) in [5, 5.41) is 3.58. The first-order valence-electron chi connectivity index (χ1n) is 6.88. The lowest BCUT2D eigenvalue weighted by Crippen LogP contribution is -2.29. The Balaban J connectivity index is 2.76. The van der Waals surface area contributed by atoms with Crippen LogP contribution in [0.3, 0.4) is 0 Å². The van der Waals surface area contributed by atoms with Crippen LogP contribution in [-0.2, 0) is 0 Å². The molecule has 0 heterocycles. The number of benzene rings is 1. The Bertz CT molecular complexity index is 360. The van der Waals surface area contributed by atoms with Crippen molar-refractivity contribution >= 4 is 24.0 Å². The fourth-order valence-corrected chi connectivity index (χ4v) is 4.54. The van der Waals surface area contributed by atoms with Gasteiger partial charge >= 0.3 is 0 Å². The maximum absolute atomic E-state index is 3.58. The topological polar surface area (TPSA) is 12.0 Å². The van der Waals surface area contributed by atoms with E-state index in [0.29, 0.717) is 5.92 Å². The van der Waals surface area contributed by atoms with Crippen molar-refractivity contribution in [2.75, 3.05) is 13.1 Å². The van der Waals surface area contributed by atoms with Gasteiger partial charge in [-0.2, -0.15) is 0 Å². The zero-order valence-electron chi connectivity index (χ0n) is 12.1. The quantitative estimate of drug-likeness (QED) is 0.556. The second-order valence-corrected chi connectivity index (χ2v) is 12.7. The summed E-state index contributed by atoms with van der Waals surface area (Å²) < 4.78 is 1.19. The van der Waals surface area contributed by atoms with Crippen LogP contribution in [0.1, 0.15) is 24.8 Å². The minimum atomic E-state index is -1.04. The highest BCUT2D eigenvalue weighted by atomic mass is 79.9. The molecule has 1 aromatic carbocycles. The number of halogens is 1. The SMILES string of the molecule is CCCNCC(C[Si](C)(C)C)c1cccc(Br)c1. The molecular weight excluding hydrogens is 302 g/mol. The third-order valence-electron chi connectivity index (χ3n) is 3.00. The van der Waals surface area contributed by atoms with E-state index in [1.165, 1.54) is 22.5 Å². The standard InChI is InChI=1S/C15H26BrNSi/c1-5-9-17-11-14(12-18(2,3)4)13-7-6-8-15(16)10-13/h6-8,10,14,17H,5,9,11-12H2,1-4H3. The molecule has 1 N–H and O–H groups in total. The van der Waals surface area contributed by atoms with E-state index in [9.17, 15) is 0 Å². The normalized spacial score (nSPS) is 13.6. The lowest BCUT2D eigenvalue weighted by Gasteiger charge is -2.25. The summed E-state index contributed by atoms with van der Waals surface area (Å²) in [6.07, 6.45) is 1.21. The van der Waals surface area contributed by atoms with Crippen LogP contribution in [0, 0.1) is 0 Å². The summed E-state index contributed by atoms with van der Waals surface area (Å²) in [6, 6.07) is 10.1. The van der Waals surface area contributed by atoms with Crippen molar-refractivity contribution in [3.8, 4) is 0 Å². The number of hydrogen-bond acceptors (Lipinski definition) is 1. The minimum Gasteiger partial charge on any atom is -0.316 e. The highest BCUT2D eigenvalue weighted by molar-refractivity contribution is 9.10. The molecule has 1 rings (SSSR count). The molecule has 0 saturated heterocycles. The average Bonchev–Trinajstić information content (AvgIpc) is 2.26. The van der Waals surface area contributed by atoms with E-state index in [1.807, 2.05) is 0 Å². The second kappa shape index (κ2) is 7.46. The van der Waals surface area contributed by atoms with Crippen LogP contribution in [-0.4, -0.2) is 21.2 Å². The molecule has 0 spiro atoms. The van der Waals surface area contributed by atoms with Crippen molar-refractivity contribution in [2.24, 2.45) is 0 Å². The summed E-state index contributed by atoms with van der Waals surface area (Å²) in [5.74, 6) is 0.653. The molecule has 0 saturated carbocycles. The molecule has 102 valence electrons. The van der Waals surface area contributed by atoms with Crippen LogP contribution in [0.15, 0.2) is 28.7 Å². The van der Waals surface area contributed by atoms with Crippen LogP contribution in [0.4, 0.5) is 0 Å². The van der Waals surface area contributed by atoms with Crippen molar-refractivity contribution in [3.05, 3.63) is 34.3 Å². The Kier molecular flexibility index (Phi) is 6.61. The van der Waals surface area contributed by atoms with Gasteiger partial charge in [0.15, 0.2) is 0 Å². The largest absolute Gasteiger partial charge is 0.316 e.